The number of esters is 1. The average Bonchev–Trinajstić information content (AvgIpc) is 2.34. The Morgan fingerprint density at radius 1 is 1.75 bits per heavy atom. The maximum absolute atomic E-state index is 11.1. The highest BCUT2D eigenvalue weighted by Gasteiger charge is 2.16. The largest absolute Gasteiger partial charge is 0.493 e. The molecule has 0 bridgehead atoms. The molecule has 1 rings (SSSR count). The van der Waals surface area contributed by atoms with Crippen LogP contribution < -0.4 is 0 Å². The highest BCUT2D eigenvalue weighted by Crippen LogP contribution is 2.15. The van der Waals surface area contributed by atoms with Gasteiger partial charge in [-0.05, 0) is 13.8 Å². The number of nitrogens with zero attached hydrogens (tertiary/aromatic N) is 1. The van der Waals surface area contributed by atoms with E-state index in [9.17, 15) is 4.79 Å². The highest BCUT2D eigenvalue weighted by atomic mass is 16.5. The Bertz CT molecular complexity index is 293. The third kappa shape index (κ3) is 1.39. The fraction of sp³-hybridized carbons (Fsp3) is 0.429. The van der Waals surface area contributed by atoms with E-state index in [-0.39, 0.29) is 11.6 Å². The highest BCUT2D eigenvalue weighted by molar-refractivity contribution is 5.89. The predicted octanol–water partition coefficient (Wildman–Crippen LogP) is 0.600. The number of rotatable bonds is 2. The van der Waals surface area contributed by atoms with E-state index in [4.69, 9.17) is 5.11 Å². The summed E-state index contributed by atoms with van der Waals surface area (Å²) in [7, 11) is 0. The van der Waals surface area contributed by atoms with Crippen LogP contribution in [0.15, 0.2) is 0 Å². The third-order valence-electron chi connectivity index (χ3n) is 1.45. The zero-order valence-corrected chi connectivity index (χ0v) is 6.92. The lowest BCUT2D eigenvalue weighted by molar-refractivity contribution is 0.0518. The van der Waals surface area contributed by atoms with Crippen LogP contribution in [0.4, 0.5) is 0 Å². The van der Waals surface area contributed by atoms with E-state index in [0.29, 0.717) is 12.2 Å². The Morgan fingerprint density at radius 2 is 2.42 bits per heavy atom. The Balaban J connectivity index is 2.88. The summed E-state index contributed by atoms with van der Waals surface area (Å²) in [4.78, 5) is 11.1. The van der Waals surface area contributed by atoms with E-state index in [1.54, 1.807) is 13.8 Å². The van der Waals surface area contributed by atoms with Crippen LogP contribution in [0.5, 0.6) is 5.88 Å². The zero-order chi connectivity index (χ0) is 9.14. The Hall–Kier alpha value is -1.52. The van der Waals surface area contributed by atoms with Gasteiger partial charge in [0.1, 0.15) is 0 Å². The molecule has 1 aromatic rings. The van der Waals surface area contributed by atoms with Gasteiger partial charge in [0, 0.05) is 5.56 Å². The molecular formula is C7H10N2O3. The second kappa shape index (κ2) is 3.25. The molecule has 0 aliphatic rings. The molecule has 0 amide bonds. The first kappa shape index (κ1) is 8.58. The zero-order valence-electron chi connectivity index (χ0n) is 6.92. The summed E-state index contributed by atoms with van der Waals surface area (Å²) in [6, 6.07) is 0. The van der Waals surface area contributed by atoms with Crippen LogP contribution in [-0.4, -0.2) is 27.9 Å². The maximum Gasteiger partial charge on any atom is 0.359 e. The number of aromatic amines is 1. The van der Waals surface area contributed by atoms with E-state index in [1.807, 2.05) is 0 Å². The summed E-state index contributed by atoms with van der Waals surface area (Å²) in [6.45, 7) is 3.59. The van der Waals surface area contributed by atoms with Gasteiger partial charge in [0.05, 0.1) is 6.61 Å². The van der Waals surface area contributed by atoms with Crippen LogP contribution in [0.3, 0.4) is 0 Å². The Morgan fingerprint density at radius 3 is 2.83 bits per heavy atom. The minimum atomic E-state index is -0.522. The summed E-state index contributed by atoms with van der Waals surface area (Å²) < 4.78 is 4.69. The third-order valence-corrected chi connectivity index (χ3v) is 1.45. The van der Waals surface area contributed by atoms with Crippen molar-refractivity contribution < 1.29 is 14.6 Å². The molecule has 0 fully saturated rings. The lowest BCUT2D eigenvalue weighted by atomic mass is 10.3. The van der Waals surface area contributed by atoms with Gasteiger partial charge in [-0.1, -0.05) is 0 Å². The molecule has 5 nitrogen and oxygen atoms in total. The lowest BCUT2D eigenvalue weighted by Gasteiger charge is -1.97. The first-order chi connectivity index (χ1) is 5.66. The van der Waals surface area contributed by atoms with Crippen LogP contribution in [0, 0.1) is 6.92 Å². The van der Waals surface area contributed by atoms with Crippen molar-refractivity contribution in [3.05, 3.63) is 11.3 Å². The van der Waals surface area contributed by atoms with Crippen molar-refractivity contribution in [3.8, 4) is 5.88 Å². The van der Waals surface area contributed by atoms with Crippen molar-refractivity contribution >= 4 is 5.97 Å². The standard InChI is InChI=1S/C7H10N2O3/c1-3-12-7(11)5-4(2)6(10)9-8-5/h3H2,1-2H3,(H2,8,9,10). The van der Waals surface area contributed by atoms with Crippen LogP contribution in [0.25, 0.3) is 0 Å². The van der Waals surface area contributed by atoms with Crippen molar-refractivity contribution in [2.45, 2.75) is 13.8 Å². The maximum atomic E-state index is 11.1. The van der Waals surface area contributed by atoms with Gasteiger partial charge in [-0.25, -0.2) is 9.89 Å². The number of H-pyrrole nitrogens is 1. The number of carbonyl (C=O) groups is 1. The number of nitrogens with one attached hydrogen (secondary N) is 1. The Labute approximate surface area is 69.4 Å². The second-order valence-corrected chi connectivity index (χ2v) is 2.27. The van der Waals surface area contributed by atoms with Gasteiger partial charge >= 0.3 is 5.97 Å². The summed E-state index contributed by atoms with van der Waals surface area (Å²) in [5, 5.41) is 14.9. The molecule has 0 aromatic carbocycles. The Kier molecular flexibility index (Phi) is 2.32. The van der Waals surface area contributed by atoms with Crippen molar-refractivity contribution in [1.29, 1.82) is 0 Å². The minimum absolute atomic E-state index is 0.0990. The molecule has 5 heteroatoms. The number of ether oxygens (including phenoxy) is 1. The quantitative estimate of drug-likeness (QED) is 0.637. The molecule has 0 aliphatic carbocycles. The van der Waals surface area contributed by atoms with Crippen molar-refractivity contribution in [2.75, 3.05) is 6.61 Å². The number of hydrogen-bond donors (Lipinski definition) is 2. The molecule has 1 aromatic heterocycles. The second-order valence-electron chi connectivity index (χ2n) is 2.27. The molecule has 2 N–H and O–H groups in total. The van der Waals surface area contributed by atoms with Crippen molar-refractivity contribution in [1.82, 2.24) is 10.2 Å². The van der Waals surface area contributed by atoms with Gasteiger partial charge < -0.3 is 9.84 Å². The molecule has 0 atom stereocenters. The van der Waals surface area contributed by atoms with E-state index < -0.39 is 5.97 Å². The molecule has 1 heterocycles. The normalized spacial score (nSPS) is 9.83. The number of aromatic nitrogens is 2. The fourth-order valence-electron chi connectivity index (χ4n) is 0.787. The molecule has 12 heavy (non-hydrogen) atoms. The van der Waals surface area contributed by atoms with Gasteiger partial charge in [-0.3, -0.25) is 0 Å². The fourth-order valence-corrected chi connectivity index (χ4v) is 0.787. The molecule has 66 valence electrons. The molecule has 0 radical (unpaired) electrons. The number of hydrogen-bond acceptors (Lipinski definition) is 4. The van der Waals surface area contributed by atoms with E-state index in [0.717, 1.165) is 0 Å². The SMILES string of the molecule is CCOC(=O)c1n[nH]c(O)c1C. The monoisotopic (exact) mass is 170 g/mol. The van der Waals surface area contributed by atoms with Crippen LogP contribution in [0.1, 0.15) is 23.0 Å². The van der Waals surface area contributed by atoms with Gasteiger partial charge in [0.15, 0.2) is 5.69 Å². The predicted molar refractivity (Wildman–Crippen MR) is 40.9 cm³/mol. The summed E-state index contributed by atoms with van der Waals surface area (Å²) in [5.41, 5.74) is 0.544. The van der Waals surface area contributed by atoms with E-state index >= 15 is 0 Å². The van der Waals surface area contributed by atoms with Crippen molar-refractivity contribution in [2.24, 2.45) is 0 Å². The van der Waals surface area contributed by atoms with Gasteiger partial charge in [-0.2, -0.15) is 5.10 Å². The first-order valence-corrected chi connectivity index (χ1v) is 3.57. The average molecular weight is 170 g/mol. The summed E-state index contributed by atoms with van der Waals surface area (Å²) >= 11 is 0. The van der Waals surface area contributed by atoms with E-state index in [1.165, 1.54) is 0 Å². The van der Waals surface area contributed by atoms with Gasteiger partial charge in [0.2, 0.25) is 5.88 Å². The van der Waals surface area contributed by atoms with E-state index in [2.05, 4.69) is 14.9 Å². The van der Waals surface area contributed by atoms with Crippen molar-refractivity contribution in [3.63, 3.8) is 0 Å². The number of carbonyl (C=O) groups excluding carboxylic acids is 1. The molecular weight excluding hydrogens is 160 g/mol. The number of aromatic hydroxyl groups is 1. The smallest absolute Gasteiger partial charge is 0.359 e. The summed E-state index contributed by atoms with van der Waals surface area (Å²) in [6.07, 6.45) is 0. The molecule has 0 spiro atoms. The summed E-state index contributed by atoms with van der Waals surface area (Å²) in [5.74, 6) is -0.621. The molecule has 0 saturated carbocycles. The van der Waals surface area contributed by atoms with Gasteiger partial charge in [0.25, 0.3) is 0 Å². The van der Waals surface area contributed by atoms with Crippen LogP contribution in [0.2, 0.25) is 0 Å². The van der Waals surface area contributed by atoms with Crippen LogP contribution >= 0.6 is 0 Å². The molecule has 0 unspecified atom stereocenters. The molecule has 0 aliphatic heterocycles. The lowest BCUT2D eigenvalue weighted by Crippen LogP contribution is -2.06. The molecule has 0 saturated heterocycles. The van der Waals surface area contributed by atoms with Gasteiger partial charge in [-0.15, -0.1) is 0 Å². The topological polar surface area (TPSA) is 75.2 Å². The minimum Gasteiger partial charge on any atom is -0.493 e. The van der Waals surface area contributed by atoms with Crippen LogP contribution in [-0.2, 0) is 4.74 Å². The first-order valence-electron chi connectivity index (χ1n) is 3.57.